The van der Waals surface area contributed by atoms with E-state index in [9.17, 15) is 4.21 Å². The fourth-order valence-corrected chi connectivity index (χ4v) is 2.41. The van der Waals surface area contributed by atoms with Gasteiger partial charge in [0.1, 0.15) is 0 Å². The quantitative estimate of drug-likeness (QED) is 0.906. The lowest BCUT2D eigenvalue weighted by Crippen LogP contribution is -2.26. The third-order valence-electron chi connectivity index (χ3n) is 2.42. The summed E-state index contributed by atoms with van der Waals surface area (Å²) in [6.45, 7) is 7.97. The zero-order chi connectivity index (χ0) is 12.3. The van der Waals surface area contributed by atoms with Crippen molar-refractivity contribution >= 4 is 26.9 Å². The summed E-state index contributed by atoms with van der Waals surface area (Å²) in [5, 5.41) is 0.135. The maximum Gasteiger partial charge on any atom is 0.0947 e. The standard InChI is InChI=1S/C12H18BrNOS/c1-8(2)16(15)14-10(4)11-6-5-9(3)12(13)7-11/h5-8,10,14H,1-4H3. The van der Waals surface area contributed by atoms with Crippen LogP contribution in [0.2, 0.25) is 0 Å². The normalized spacial score (nSPS) is 15.1. The molecule has 0 saturated carbocycles. The Morgan fingerprint density at radius 3 is 2.44 bits per heavy atom. The van der Waals surface area contributed by atoms with E-state index in [2.05, 4.69) is 45.8 Å². The Morgan fingerprint density at radius 1 is 1.31 bits per heavy atom. The van der Waals surface area contributed by atoms with Gasteiger partial charge in [-0.15, -0.1) is 0 Å². The van der Waals surface area contributed by atoms with E-state index < -0.39 is 11.0 Å². The number of rotatable bonds is 4. The minimum Gasteiger partial charge on any atom is -0.243 e. The summed E-state index contributed by atoms with van der Waals surface area (Å²) in [4.78, 5) is 0. The van der Waals surface area contributed by atoms with E-state index in [1.54, 1.807) is 0 Å². The summed E-state index contributed by atoms with van der Waals surface area (Å²) in [6, 6.07) is 6.30. The largest absolute Gasteiger partial charge is 0.243 e. The molecule has 16 heavy (non-hydrogen) atoms. The lowest BCUT2D eigenvalue weighted by molar-refractivity contribution is 0.644. The Morgan fingerprint density at radius 2 is 1.94 bits per heavy atom. The topological polar surface area (TPSA) is 29.1 Å². The highest BCUT2D eigenvalue weighted by molar-refractivity contribution is 9.10. The van der Waals surface area contributed by atoms with Gasteiger partial charge in [-0.1, -0.05) is 28.1 Å². The molecule has 0 aromatic heterocycles. The van der Waals surface area contributed by atoms with Gasteiger partial charge >= 0.3 is 0 Å². The van der Waals surface area contributed by atoms with Crippen LogP contribution >= 0.6 is 15.9 Å². The summed E-state index contributed by atoms with van der Waals surface area (Å²) < 4.78 is 15.9. The molecule has 1 N–H and O–H groups in total. The van der Waals surface area contributed by atoms with Crippen molar-refractivity contribution in [3.8, 4) is 0 Å². The van der Waals surface area contributed by atoms with E-state index in [4.69, 9.17) is 0 Å². The zero-order valence-electron chi connectivity index (χ0n) is 10.1. The predicted molar refractivity (Wildman–Crippen MR) is 73.7 cm³/mol. The van der Waals surface area contributed by atoms with Gasteiger partial charge in [-0.05, 0) is 44.9 Å². The number of halogens is 1. The van der Waals surface area contributed by atoms with Crippen LogP contribution in [0, 0.1) is 6.92 Å². The Bertz CT molecular complexity index is 393. The molecule has 90 valence electrons. The van der Waals surface area contributed by atoms with E-state index in [1.807, 2.05) is 20.8 Å². The second-order valence-electron chi connectivity index (χ2n) is 4.19. The Labute approximate surface area is 109 Å². The first-order valence-corrected chi connectivity index (χ1v) is 7.35. The van der Waals surface area contributed by atoms with Crippen LogP contribution in [0.15, 0.2) is 22.7 Å². The molecular formula is C12H18BrNOS. The summed E-state index contributed by atoms with van der Waals surface area (Å²) in [7, 11) is -0.980. The van der Waals surface area contributed by atoms with Gasteiger partial charge in [-0.25, -0.2) is 8.93 Å². The summed E-state index contributed by atoms with van der Waals surface area (Å²) in [5.74, 6) is 0. The van der Waals surface area contributed by atoms with Gasteiger partial charge in [0.05, 0.1) is 11.0 Å². The fourth-order valence-electron chi connectivity index (χ4n) is 1.26. The molecule has 1 aromatic carbocycles. The van der Waals surface area contributed by atoms with Crippen LogP contribution in [0.25, 0.3) is 0 Å². The Kier molecular flexibility index (Phi) is 5.15. The molecule has 0 radical (unpaired) electrons. The van der Waals surface area contributed by atoms with Crippen LogP contribution in [-0.2, 0) is 11.0 Å². The van der Waals surface area contributed by atoms with Gasteiger partial charge in [0.25, 0.3) is 0 Å². The second-order valence-corrected chi connectivity index (χ2v) is 6.82. The van der Waals surface area contributed by atoms with Crippen LogP contribution < -0.4 is 4.72 Å². The van der Waals surface area contributed by atoms with Gasteiger partial charge in [0.15, 0.2) is 0 Å². The van der Waals surface area contributed by atoms with Crippen LogP contribution in [-0.4, -0.2) is 9.46 Å². The number of hydrogen-bond acceptors (Lipinski definition) is 1. The first kappa shape index (κ1) is 13.9. The second kappa shape index (κ2) is 5.94. The average Bonchev–Trinajstić information content (AvgIpc) is 2.21. The third-order valence-corrected chi connectivity index (χ3v) is 4.71. The van der Waals surface area contributed by atoms with Crippen molar-refractivity contribution in [1.82, 2.24) is 4.72 Å². The van der Waals surface area contributed by atoms with Crippen molar-refractivity contribution in [2.45, 2.75) is 39.0 Å². The highest BCUT2D eigenvalue weighted by Crippen LogP contribution is 2.22. The van der Waals surface area contributed by atoms with Crippen LogP contribution in [0.5, 0.6) is 0 Å². The lowest BCUT2D eigenvalue weighted by atomic mass is 10.1. The van der Waals surface area contributed by atoms with Crippen molar-refractivity contribution in [3.63, 3.8) is 0 Å². The molecule has 1 aromatic rings. The van der Waals surface area contributed by atoms with E-state index >= 15 is 0 Å². The summed E-state index contributed by atoms with van der Waals surface area (Å²) in [6.07, 6.45) is 0. The fraction of sp³-hybridized carbons (Fsp3) is 0.500. The molecule has 0 saturated heterocycles. The molecule has 0 aliphatic carbocycles. The molecule has 2 nitrogen and oxygen atoms in total. The molecule has 0 aliphatic rings. The summed E-state index contributed by atoms with van der Waals surface area (Å²) >= 11 is 3.51. The molecule has 0 fully saturated rings. The maximum absolute atomic E-state index is 11.7. The minimum absolute atomic E-state index is 0.0973. The van der Waals surface area contributed by atoms with Gasteiger partial charge in [-0.2, -0.15) is 0 Å². The van der Waals surface area contributed by atoms with Gasteiger partial charge in [-0.3, -0.25) is 0 Å². The van der Waals surface area contributed by atoms with Gasteiger partial charge in [0, 0.05) is 15.8 Å². The molecule has 0 spiro atoms. The SMILES string of the molecule is Cc1ccc(C(C)NS(=O)C(C)C)cc1Br. The zero-order valence-corrected chi connectivity index (χ0v) is 12.5. The van der Waals surface area contributed by atoms with Crippen molar-refractivity contribution in [3.05, 3.63) is 33.8 Å². The highest BCUT2D eigenvalue weighted by atomic mass is 79.9. The molecule has 1 rings (SSSR count). The molecule has 0 heterocycles. The Balaban J connectivity index is 2.77. The van der Waals surface area contributed by atoms with Crippen molar-refractivity contribution in [2.75, 3.05) is 0 Å². The van der Waals surface area contributed by atoms with Crippen LogP contribution in [0.3, 0.4) is 0 Å². The van der Waals surface area contributed by atoms with Gasteiger partial charge in [0.2, 0.25) is 0 Å². The van der Waals surface area contributed by atoms with E-state index in [-0.39, 0.29) is 11.3 Å². The number of hydrogen-bond donors (Lipinski definition) is 1. The van der Waals surface area contributed by atoms with E-state index in [1.165, 1.54) is 5.56 Å². The number of benzene rings is 1. The average molecular weight is 304 g/mol. The van der Waals surface area contributed by atoms with Crippen LogP contribution in [0.4, 0.5) is 0 Å². The first-order valence-electron chi connectivity index (χ1n) is 5.34. The van der Waals surface area contributed by atoms with Crippen molar-refractivity contribution in [1.29, 1.82) is 0 Å². The Hall–Kier alpha value is -0.190. The van der Waals surface area contributed by atoms with Crippen LogP contribution in [0.1, 0.15) is 37.9 Å². The summed E-state index contributed by atoms with van der Waals surface area (Å²) in [5.41, 5.74) is 2.35. The van der Waals surface area contributed by atoms with Crippen molar-refractivity contribution < 1.29 is 4.21 Å². The lowest BCUT2D eigenvalue weighted by Gasteiger charge is -2.16. The third kappa shape index (κ3) is 3.68. The molecule has 2 atom stereocenters. The maximum atomic E-state index is 11.7. The highest BCUT2D eigenvalue weighted by Gasteiger charge is 2.11. The number of nitrogens with one attached hydrogen (secondary N) is 1. The predicted octanol–water partition coefficient (Wildman–Crippen LogP) is 3.48. The number of aryl methyl sites for hydroxylation is 1. The monoisotopic (exact) mass is 303 g/mol. The minimum atomic E-state index is -0.980. The molecule has 4 heteroatoms. The smallest absolute Gasteiger partial charge is 0.0947 e. The molecular weight excluding hydrogens is 286 g/mol. The molecule has 0 aliphatic heterocycles. The van der Waals surface area contributed by atoms with Gasteiger partial charge < -0.3 is 0 Å². The van der Waals surface area contributed by atoms with Crippen molar-refractivity contribution in [2.24, 2.45) is 0 Å². The molecule has 0 amide bonds. The molecule has 0 bridgehead atoms. The molecule has 2 unspecified atom stereocenters. The first-order chi connectivity index (χ1) is 7.41. The van der Waals surface area contributed by atoms with E-state index in [0.29, 0.717) is 0 Å². The van der Waals surface area contributed by atoms with E-state index in [0.717, 1.165) is 10.0 Å².